The van der Waals surface area contributed by atoms with Crippen LogP contribution >= 0.6 is 0 Å². The molecule has 0 aliphatic carbocycles. The molecular formula is C16H16F3N3O2. The molecular weight excluding hydrogens is 323 g/mol. The molecule has 24 heavy (non-hydrogen) atoms. The SMILES string of the molecule is C[C@H](O)c1cc2n(n1)CCN(C(=O)c1cccc(C(F)(F)F)c1)C2. The Morgan fingerprint density at radius 2 is 2.04 bits per heavy atom. The molecule has 1 atom stereocenters. The van der Waals surface area contributed by atoms with Crippen LogP contribution in [0.5, 0.6) is 0 Å². The summed E-state index contributed by atoms with van der Waals surface area (Å²) in [5, 5.41) is 13.8. The van der Waals surface area contributed by atoms with E-state index in [9.17, 15) is 23.1 Å². The number of rotatable bonds is 2. The van der Waals surface area contributed by atoms with Crippen LogP contribution in [0.2, 0.25) is 0 Å². The van der Waals surface area contributed by atoms with Gasteiger partial charge in [-0.05, 0) is 31.2 Å². The van der Waals surface area contributed by atoms with E-state index in [1.807, 2.05) is 0 Å². The van der Waals surface area contributed by atoms with Crippen LogP contribution in [0.25, 0.3) is 0 Å². The van der Waals surface area contributed by atoms with Crippen LogP contribution in [0, 0.1) is 0 Å². The highest BCUT2D eigenvalue weighted by atomic mass is 19.4. The Kier molecular flexibility index (Phi) is 4.08. The summed E-state index contributed by atoms with van der Waals surface area (Å²) in [7, 11) is 0. The fourth-order valence-electron chi connectivity index (χ4n) is 2.68. The summed E-state index contributed by atoms with van der Waals surface area (Å²) in [6, 6.07) is 6.13. The van der Waals surface area contributed by atoms with Crippen LogP contribution in [0.4, 0.5) is 13.2 Å². The lowest BCUT2D eigenvalue weighted by atomic mass is 10.1. The van der Waals surface area contributed by atoms with Crippen molar-refractivity contribution >= 4 is 5.91 Å². The number of hydrogen-bond donors (Lipinski definition) is 1. The average Bonchev–Trinajstić information content (AvgIpc) is 2.97. The third-order valence-electron chi connectivity index (χ3n) is 3.97. The summed E-state index contributed by atoms with van der Waals surface area (Å²) in [6.45, 7) is 2.63. The van der Waals surface area contributed by atoms with Crippen LogP contribution in [-0.4, -0.2) is 32.2 Å². The third kappa shape index (κ3) is 3.14. The number of alkyl halides is 3. The second-order valence-electron chi connectivity index (χ2n) is 5.76. The lowest BCUT2D eigenvalue weighted by Gasteiger charge is -2.28. The normalized spacial score (nSPS) is 16.0. The van der Waals surface area contributed by atoms with Gasteiger partial charge in [-0.2, -0.15) is 18.3 Å². The van der Waals surface area contributed by atoms with Gasteiger partial charge in [0.25, 0.3) is 5.91 Å². The molecule has 0 spiro atoms. The van der Waals surface area contributed by atoms with Gasteiger partial charge in [-0.25, -0.2) is 0 Å². The van der Waals surface area contributed by atoms with E-state index in [0.717, 1.165) is 17.8 Å². The Hall–Kier alpha value is -2.35. The first-order valence-corrected chi connectivity index (χ1v) is 7.47. The number of aromatic nitrogens is 2. The van der Waals surface area contributed by atoms with Crippen LogP contribution in [0.1, 0.15) is 40.3 Å². The van der Waals surface area contributed by atoms with E-state index in [2.05, 4.69) is 5.10 Å². The van der Waals surface area contributed by atoms with E-state index in [1.54, 1.807) is 17.7 Å². The predicted octanol–water partition coefficient (Wildman–Crippen LogP) is 2.61. The lowest BCUT2D eigenvalue weighted by Crippen LogP contribution is -2.38. The largest absolute Gasteiger partial charge is 0.416 e. The fraction of sp³-hybridized carbons (Fsp3) is 0.375. The highest BCUT2D eigenvalue weighted by Gasteiger charge is 2.32. The lowest BCUT2D eigenvalue weighted by molar-refractivity contribution is -0.137. The zero-order valence-electron chi connectivity index (χ0n) is 12.9. The molecule has 0 unspecified atom stereocenters. The van der Waals surface area contributed by atoms with E-state index >= 15 is 0 Å². The average molecular weight is 339 g/mol. The highest BCUT2D eigenvalue weighted by molar-refractivity contribution is 5.94. The van der Waals surface area contributed by atoms with E-state index in [4.69, 9.17) is 0 Å². The first-order valence-electron chi connectivity index (χ1n) is 7.47. The van der Waals surface area contributed by atoms with E-state index in [0.29, 0.717) is 18.8 Å². The number of benzene rings is 1. The van der Waals surface area contributed by atoms with Gasteiger partial charge in [0.2, 0.25) is 0 Å². The Bertz CT molecular complexity index is 768. The molecule has 0 fully saturated rings. The standard InChI is InChI=1S/C16H16F3N3O2/c1-10(23)14-8-13-9-21(5-6-22(13)20-14)15(24)11-3-2-4-12(7-11)16(17,18)19/h2-4,7-8,10,23H,5-6,9H2,1H3/t10-/m0/s1. The minimum atomic E-state index is -4.48. The molecule has 2 heterocycles. The summed E-state index contributed by atoms with van der Waals surface area (Å²) in [5.74, 6) is -0.452. The van der Waals surface area contributed by atoms with Gasteiger partial charge < -0.3 is 10.0 Å². The molecule has 128 valence electrons. The van der Waals surface area contributed by atoms with Crippen molar-refractivity contribution in [3.8, 4) is 0 Å². The molecule has 0 radical (unpaired) electrons. The first kappa shape index (κ1) is 16.5. The number of carbonyl (C=O) groups excluding carboxylic acids is 1. The molecule has 1 aliphatic heterocycles. The second-order valence-corrected chi connectivity index (χ2v) is 5.76. The number of aliphatic hydroxyl groups excluding tert-OH is 1. The van der Waals surface area contributed by atoms with Crippen molar-refractivity contribution in [2.45, 2.75) is 32.3 Å². The van der Waals surface area contributed by atoms with Crippen molar-refractivity contribution in [1.29, 1.82) is 0 Å². The number of carbonyl (C=O) groups is 1. The van der Waals surface area contributed by atoms with Gasteiger partial charge in [0, 0.05) is 12.1 Å². The van der Waals surface area contributed by atoms with Crippen molar-refractivity contribution < 1.29 is 23.1 Å². The fourth-order valence-corrected chi connectivity index (χ4v) is 2.68. The molecule has 1 amide bonds. The van der Waals surface area contributed by atoms with Crippen molar-refractivity contribution in [2.75, 3.05) is 6.54 Å². The summed E-state index contributed by atoms with van der Waals surface area (Å²) >= 11 is 0. The Balaban J connectivity index is 1.81. The molecule has 1 aromatic heterocycles. The summed E-state index contributed by atoms with van der Waals surface area (Å²) in [5.41, 5.74) is 0.427. The zero-order chi connectivity index (χ0) is 17.5. The topological polar surface area (TPSA) is 58.4 Å². The number of amides is 1. The molecule has 3 rings (SSSR count). The quantitative estimate of drug-likeness (QED) is 0.915. The number of aliphatic hydroxyl groups is 1. The predicted molar refractivity (Wildman–Crippen MR) is 79.0 cm³/mol. The summed E-state index contributed by atoms with van der Waals surface area (Å²) < 4.78 is 40.1. The van der Waals surface area contributed by atoms with Gasteiger partial charge in [0.1, 0.15) is 0 Å². The molecule has 1 aromatic carbocycles. The molecule has 1 aliphatic rings. The number of halogens is 3. The van der Waals surface area contributed by atoms with Crippen LogP contribution in [0.3, 0.4) is 0 Å². The van der Waals surface area contributed by atoms with E-state index in [1.165, 1.54) is 17.0 Å². The van der Waals surface area contributed by atoms with Gasteiger partial charge in [-0.1, -0.05) is 6.07 Å². The zero-order valence-corrected chi connectivity index (χ0v) is 12.9. The maximum Gasteiger partial charge on any atom is 0.416 e. The Morgan fingerprint density at radius 3 is 2.71 bits per heavy atom. The van der Waals surface area contributed by atoms with Gasteiger partial charge in [0.15, 0.2) is 0 Å². The maximum absolute atomic E-state index is 12.8. The van der Waals surface area contributed by atoms with Crippen LogP contribution in [0.15, 0.2) is 30.3 Å². The Labute approximate surface area is 136 Å². The van der Waals surface area contributed by atoms with Crippen molar-refractivity contribution in [3.63, 3.8) is 0 Å². The van der Waals surface area contributed by atoms with Crippen LogP contribution < -0.4 is 0 Å². The van der Waals surface area contributed by atoms with Crippen molar-refractivity contribution in [3.05, 3.63) is 52.8 Å². The highest BCUT2D eigenvalue weighted by Crippen LogP contribution is 2.30. The first-order chi connectivity index (χ1) is 11.3. The van der Waals surface area contributed by atoms with Gasteiger partial charge >= 0.3 is 6.18 Å². The van der Waals surface area contributed by atoms with Crippen molar-refractivity contribution in [1.82, 2.24) is 14.7 Å². The van der Waals surface area contributed by atoms with E-state index in [-0.39, 0.29) is 12.1 Å². The summed E-state index contributed by atoms with van der Waals surface area (Å²) in [4.78, 5) is 14.0. The number of nitrogens with zero attached hydrogens (tertiary/aromatic N) is 3. The molecule has 8 heteroatoms. The van der Waals surface area contributed by atoms with Gasteiger partial charge in [-0.3, -0.25) is 9.48 Å². The van der Waals surface area contributed by atoms with Crippen LogP contribution in [-0.2, 0) is 19.3 Å². The second kappa shape index (κ2) is 5.94. The smallest absolute Gasteiger partial charge is 0.387 e. The monoisotopic (exact) mass is 339 g/mol. The molecule has 5 nitrogen and oxygen atoms in total. The molecule has 0 bridgehead atoms. The molecule has 2 aromatic rings. The summed E-state index contributed by atoms with van der Waals surface area (Å²) in [6.07, 6.45) is -5.20. The van der Waals surface area contributed by atoms with E-state index < -0.39 is 23.8 Å². The third-order valence-corrected chi connectivity index (χ3v) is 3.97. The maximum atomic E-state index is 12.8. The van der Waals surface area contributed by atoms with Gasteiger partial charge in [0.05, 0.1) is 36.1 Å². The molecule has 1 N–H and O–H groups in total. The molecule has 0 saturated heterocycles. The number of fused-ring (bicyclic) bond motifs is 1. The van der Waals surface area contributed by atoms with Crippen molar-refractivity contribution in [2.24, 2.45) is 0 Å². The molecule has 0 saturated carbocycles. The minimum Gasteiger partial charge on any atom is -0.387 e. The Morgan fingerprint density at radius 1 is 1.29 bits per heavy atom. The minimum absolute atomic E-state index is 0.00791. The number of hydrogen-bond acceptors (Lipinski definition) is 3. The van der Waals surface area contributed by atoms with Gasteiger partial charge in [-0.15, -0.1) is 0 Å².